The highest BCUT2D eigenvalue weighted by Crippen LogP contribution is 2.25. The van der Waals surface area contributed by atoms with Crippen molar-refractivity contribution in [1.29, 1.82) is 0 Å². The van der Waals surface area contributed by atoms with Crippen molar-refractivity contribution >= 4 is 23.0 Å². The zero-order valence-corrected chi connectivity index (χ0v) is 13.4. The quantitative estimate of drug-likeness (QED) is 0.870. The number of hydrogen-bond donors (Lipinski definition) is 1. The number of hydrogen-bond acceptors (Lipinski definition) is 5. The van der Waals surface area contributed by atoms with E-state index in [1.807, 2.05) is 22.7 Å². The van der Waals surface area contributed by atoms with E-state index >= 15 is 0 Å². The highest BCUT2D eigenvalue weighted by Gasteiger charge is 2.31. The fraction of sp³-hybridized carbons (Fsp3) is 0.400. The first-order chi connectivity index (χ1) is 10.6. The maximum atomic E-state index is 12.8. The van der Waals surface area contributed by atoms with Gasteiger partial charge in [0, 0.05) is 50.0 Å². The molecule has 1 N–H and O–H groups in total. The standard InChI is InChI=1S/C15H18N4O2S/c1-10(20)11-7-13(22-9-11)15(21)19-6-3-16-8-12(19)14-17-4-5-18(14)2/h4-5,7,9,12,16H,3,6,8H2,1-2H3. The average Bonchev–Trinajstić information content (AvgIpc) is 3.15. The molecule has 1 fully saturated rings. The number of Topliss-reactive ketones (excluding diaryl/α,β-unsaturated/α-hetero) is 1. The second-order valence-electron chi connectivity index (χ2n) is 5.37. The number of rotatable bonds is 3. The first-order valence-electron chi connectivity index (χ1n) is 7.16. The Bertz CT molecular complexity index is 706. The van der Waals surface area contributed by atoms with Crippen molar-refractivity contribution in [2.75, 3.05) is 19.6 Å². The van der Waals surface area contributed by atoms with Gasteiger partial charge in [-0.2, -0.15) is 0 Å². The van der Waals surface area contributed by atoms with Gasteiger partial charge < -0.3 is 14.8 Å². The van der Waals surface area contributed by atoms with Crippen LogP contribution in [-0.2, 0) is 7.05 Å². The summed E-state index contributed by atoms with van der Waals surface area (Å²) in [5.74, 6) is 0.812. The third-order valence-electron chi connectivity index (χ3n) is 3.88. The Hall–Kier alpha value is -1.99. The van der Waals surface area contributed by atoms with Crippen LogP contribution in [0.5, 0.6) is 0 Å². The van der Waals surface area contributed by atoms with Crippen LogP contribution in [0.4, 0.5) is 0 Å². The molecule has 7 heteroatoms. The monoisotopic (exact) mass is 318 g/mol. The number of carbonyl (C=O) groups is 2. The molecular formula is C15H18N4O2S. The van der Waals surface area contributed by atoms with Gasteiger partial charge in [-0.1, -0.05) is 0 Å². The number of amides is 1. The summed E-state index contributed by atoms with van der Waals surface area (Å²) >= 11 is 1.32. The summed E-state index contributed by atoms with van der Waals surface area (Å²) < 4.78 is 1.94. The maximum Gasteiger partial charge on any atom is 0.264 e. The summed E-state index contributed by atoms with van der Waals surface area (Å²) in [6.45, 7) is 3.58. The van der Waals surface area contributed by atoms with E-state index in [1.165, 1.54) is 18.3 Å². The van der Waals surface area contributed by atoms with Crippen LogP contribution in [-0.4, -0.2) is 45.8 Å². The van der Waals surface area contributed by atoms with E-state index in [0.717, 1.165) is 12.4 Å². The molecule has 0 saturated carbocycles. The van der Waals surface area contributed by atoms with Gasteiger partial charge in [0.05, 0.1) is 4.88 Å². The Labute approximate surface area is 132 Å². The molecule has 0 aliphatic carbocycles. The van der Waals surface area contributed by atoms with E-state index in [0.29, 0.717) is 23.5 Å². The number of nitrogens with zero attached hydrogens (tertiary/aromatic N) is 3. The lowest BCUT2D eigenvalue weighted by Gasteiger charge is -2.35. The fourth-order valence-corrected chi connectivity index (χ4v) is 3.55. The Balaban J connectivity index is 1.88. The van der Waals surface area contributed by atoms with E-state index in [9.17, 15) is 9.59 Å². The first kappa shape index (κ1) is 14.9. The molecule has 0 aromatic carbocycles. The van der Waals surface area contributed by atoms with Gasteiger partial charge in [-0.3, -0.25) is 9.59 Å². The Kier molecular flexibility index (Phi) is 4.08. The molecule has 1 amide bonds. The lowest BCUT2D eigenvalue weighted by atomic mass is 10.1. The van der Waals surface area contributed by atoms with E-state index < -0.39 is 0 Å². The SMILES string of the molecule is CC(=O)c1csc(C(=O)N2CCNCC2c2nccn2C)c1. The summed E-state index contributed by atoms with van der Waals surface area (Å²) in [5.41, 5.74) is 0.594. The molecule has 1 aliphatic rings. The van der Waals surface area contributed by atoms with Crippen molar-refractivity contribution in [3.8, 4) is 0 Å². The van der Waals surface area contributed by atoms with Crippen LogP contribution in [0.1, 0.15) is 38.8 Å². The van der Waals surface area contributed by atoms with Gasteiger partial charge in [0.15, 0.2) is 5.78 Å². The van der Waals surface area contributed by atoms with Gasteiger partial charge in [0.2, 0.25) is 0 Å². The Morgan fingerprint density at radius 3 is 2.91 bits per heavy atom. The van der Waals surface area contributed by atoms with Crippen LogP contribution in [0.3, 0.4) is 0 Å². The van der Waals surface area contributed by atoms with Gasteiger partial charge >= 0.3 is 0 Å². The zero-order chi connectivity index (χ0) is 15.7. The minimum Gasteiger partial charge on any atom is -0.336 e. The molecule has 2 aromatic heterocycles. The van der Waals surface area contributed by atoms with E-state index in [-0.39, 0.29) is 17.7 Å². The molecule has 116 valence electrons. The number of thiophene rings is 1. The molecule has 6 nitrogen and oxygen atoms in total. The zero-order valence-electron chi connectivity index (χ0n) is 12.6. The molecule has 22 heavy (non-hydrogen) atoms. The van der Waals surface area contributed by atoms with Crippen LogP contribution in [0, 0.1) is 0 Å². The van der Waals surface area contributed by atoms with Crippen molar-refractivity contribution < 1.29 is 9.59 Å². The van der Waals surface area contributed by atoms with Crippen LogP contribution < -0.4 is 5.32 Å². The molecule has 3 rings (SSSR count). The summed E-state index contributed by atoms with van der Waals surface area (Å²) in [4.78, 5) is 31.0. The number of imidazole rings is 1. The van der Waals surface area contributed by atoms with Gasteiger partial charge in [-0.05, 0) is 13.0 Å². The number of nitrogens with one attached hydrogen (secondary N) is 1. The van der Waals surface area contributed by atoms with Crippen molar-refractivity contribution in [3.05, 3.63) is 40.1 Å². The molecule has 1 aliphatic heterocycles. The fourth-order valence-electron chi connectivity index (χ4n) is 2.65. The first-order valence-corrected chi connectivity index (χ1v) is 8.04. The second kappa shape index (κ2) is 6.02. The van der Waals surface area contributed by atoms with Crippen LogP contribution in [0.25, 0.3) is 0 Å². The molecule has 1 atom stereocenters. The minimum absolute atomic E-state index is 0.0173. The maximum absolute atomic E-state index is 12.8. The number of carbonyl (C=O) groups excluding carboxylic acids is 2. The van der Waals surface area contributed by atoms with Gasteiger partial charge in [-0.25, -0.2) is 4.98 Å². The van der Waals surface area contributed by atoms with E-state index in [1.54, 1.807) is 17.6 Å². The molecule has 3 heterocycles. The normalized spacial score (nSPS) is 18.5. The van der Waals surface area contributed by atoms with Crippen molar-refractivity contribution in [2.45, 2.75) is 13.0 Å². The average molecular weight is 318 g/mol. The summed E-state index contributed by atoms with van der Waals surface area (Å²) in [6, 6.07) is 1.59. The lowest BCUT2D eigenvalue weighted by Crippen LogP contribution is -2.49. The predicted octanol–water partition coefficient (Wildman–Crippen LogP) is 1.47. The van der Waals surface area contributed by atoms with E-state index in [4.69, 9.17) is 0 Å². The van der Waals surface area contributed by atoms with Crippen LogP contribution >= 0.6 is 11.3 Å². The van der Waals surface area contributed by atoms with Crippen molar-refractivity contribution in [3.63, 3.8) is 0 Å². The summed E-state index contributed by atoms with van der Waals surface area (Å²) in [7, 11) is 1.93. The van der Waals surface area contributed by atoms with Gasteiger partial charge in [0.25, 0.3) is 5.91 Å². The lowest BCUT2D eigenvalue weighted by molar-refractivity contribution is 0.0626. The van der Waals surface area contributed by atoms with Crippen LogP contribution in [0.2, 0.25) is 0 Å². The molecule has 1 saturated heterocycles. The largest absolute Gasteiger partial charge is 0.336 e. The highest BCUT2D eigenvalue weighted by atomic mass is 32.1. The number of aryl methyl sites for hydroxylation is 1. The third kappa shape index (κ3) is 2.69. The number of aromatic nitrogens is 2. The molecule has 0 bridgehead atoms. The predicted molar refractivity (Wildman–Crippen MR) is 84.2 cm³/mol. The number of piperazine rings is 1. The summed E-state index contributed by atoms with van der Waals surface area (Å²) in [6.07, 6.45) is 3.62. The second-order valence-corrected chi connectivity index (χ2v) is 6.28. The Morgan fingerprint density at radius 1 is 1.45 bits per heavy atom. The minimum atomic E-state index is -0.0934. The van der Waals surface area contributed by atoms with Gasteiger partial charge in [-0.15, -0.1) is 11.3 Å². The smallest absolute Gasteiger partial charge is 0.264 e. The van der Waals surface area contributed by atoms with Crippen molar-refractivity contribution in [1.82, 2.24) is 19.8 Å². The van der Waals surface area contributed by atoms with Crippen molar-refractivity contribution in [2.24, 2.45) is 7.05 Å². The Morgan fingerprint density at radius 2 is 2.27 bits per heavy atom. The molecule has 0 spiro atoms. The highest BCUT2D eigenvalue weighted by molar-refractivity contribution is 7.12. The van der Waals surface area contributed by atoms with Gasteiger partial charge in [0.1, 0.15) is 11.9 Å². The molecule has 2 aromatic rings. The summed E-state index contributed by atoms with van der Waals surface area (Å²) in [5, 5.41) is 5.06. The van der Waals surface area contributed by atoms with E-state index in [2.05, 4.69) is 10.3 Å². The topological polar surface area (TPSA) is 67.2 Å². The number of ketones is 1. The van der Waals surface area contributed by atoms with Crippen LogP contribution in [0.15, 0.2) is 23.8 Å². The molecule has 1 unspecified atom stereocenters. The molecular weight excluding hydrogens is 300 g/mol. The molecule has 0 radical (unpaired) electrons. The third-order valence-corrected chi connectivity index (χ3v) is 4.80.